The summed E-state index contributed by atoms with van der Waals surface area (Å²) in [5.41, 5.74) is 0.976. The third-order valence-electron chi connectivity index (χ3n) is 1.34. The van der Waals surface area contributed by atoms with E-state index < -0.39 is 0 Å². The molecule has 0 atom stereocenters. The second-order valence-electron chi connectivity index (χ2n) is 2.12. The van der Waals surface area contributed by atoms with Gasteiger partial charge < -0.3 is 0 Å². The molecule has 0 aliphatic carbocycles. The molecule has 0 spiro atoms. The van der Waals surface area contributed by atoms with E-state index in [-0.39, 0.29) is 0 Å². The van der Waals surface area contributed by atoms with Crippen LogP contribution in [-0.2, 0) is 0 Å². The highest BCUT2D eigenvalue weighted by molar-refractivity contribution is 7.80. The monoisotopic (exact) mass is 161 g/mol. The van der Waals surface area contributed by atoms with Crippen LogP contribution in [-0.4, -0.2) is 4.86 Å². The number of hydrogen-bond donors (Lipinski definition) is 0. The average Bonchev–Trinajstić information content (AvgIpc) is 2.07. The Labute approximate surface area is 71.3 Å². The summed E-state index contributed by atoms with van der Waals surface area (Å²) >= 11 is 5.00. The molecule has 1 rings (SSSR count). The van der Waals surface area contributed by atoms with Crippen LogP contribution in [0, 0.1) is 11.3 Å². The van der Waals surface area contributed by atoms with Gasteiger partial charge in [-0.15, -0.1) is 0 Å². The lowest BCUT2D eigenvalue weighted by atomic mass is 10.1. The third kappa shape index (κ3) is 2.14. The highest BCUT2D eigenvalue weighted by Crippen LogP contribution is 2.03. The Hall–Kier alpha value is -1.20. The molecule has 0 unspecified atom stereocenters. The number of nitrogens with zero attached hydrogens (tertiary/aromatic N) is 1. The Morgan fingerprint density at radius 2 is 2.00 bits per heavy atom. The van der Waals surface area contributed by atoms with E-state index in [4.69, 9.17) is 17.5 Å². The predicted molar refractivity (Wildman–Crippen MR) is 48.4 cm³/mol. The fourth-order valence-electron chi connectivity index (χ4n) is 0.798. The van der Waals surface area contributed by atoms with Crippen molar-refractivity contribution in [3.05, 3.63) is 35.9 Å². The van der Waals surface area contributed by atoms with Crippen molar-refractivity contribution >= 4 is 17.1 Å². The lowest BCUT2D eigenvalue weighted by Crippen LogP contribution is -1.93. The van der Waals surface area contributed by atoms with E-state index in [0.29, 0.717) is 11.3 Å². The minimum absolute atomic E-state index is 0.333. The van der Waals surface area contributed by atoms with Gasteiger partial charge in [0.2, 0.25) is 0 Å². The van der Waals surface area contributed by atoms with E-state index in [1.807, 2.05) is 36.4 Å². The first-order valence-corrected chi connectivity index (χ1v) is 3.70. The Balaban J connectivity index is 2.79. The van der Waals surface area contributed by atoms with Gasteiger partial charge in [-0.3, -0.25) is 0 Å². The number of benzene rings is 1. The molecule has 0 fully saturated rings. The maximum absolute atomic E-state index is 8.36. The summed E-state index contributed by atoms with van der Waals surface area (Å²) in [6, 6.07) is 11.6. The molecular weight excluding hydrogens is 154 g/mol. The zero-order chi connectivity index (χ0) is 8.10. The van der Waals surface area contributed by atoms with E-state index >= 15 is 0 Å². The molecule has 0 saturated heterocycles. The molecule has 1 nitrogen and oxygen atoms in total. The Morgan fingerprint density at radius 1 is 1.36 bits per heavy atom. The number of nitriles is 1. The van der Waals surface area contributed by atoms with E-state index in [1.54, 1.807) is 0 Å². The summed E-state index contributed by atoms with van der Waals surface area (Å²) in [6.45, 7) is 0. The average molecular weight is 161 g/mol. The van der Waals surface area contributed by atoms with Crippen LogP contribution < -0.4 is 0 Å². The smallest absolute Gasteiger partial charge is 0.0709 e. The molecule has 2 heteroatoms. The Morgan fingerprint density at radius 3 is 2.55 bits per heavy atom. The molecule has 0 heterocycles. The largest absolute Gasteiger partial charge is 0.198 e. The molecule has 0 N–H and O–H groups in total. The van der Waals surface area contributed by atoms with Gasteiger partial charge in [-0.05, 0) is 5.56 Å². The summed E-state index contributed by atoms with van der Waals surface area (Å²) in [5.74, 6) is 0. The van der Waals surface area contributed by atoms with Crippen molar-refractivity contribution in [2.75, 3.05) is 0 Å². The van der Waals surface area contributed by atoms with Crippen LogP contribution in [0.4, 0.5) is 0 Å². The SMILES string of the molecule is N#CCC(=S)c1ccccc1. The van der Waals surface area contributed by atoms with Crippen molar-refractivity contribution in [1.82, 2.24) is 0 Å². The van der Waals surface area contributed by atoms with Gasteiger partial charge in [-0.1, -0.05) is 42.5 Å². The van der Waals surface area contributed by atoms with Crippen LogP contribution in [0.25, 0.3) is 0 Å². The van der Waals surface area contributed by atoms with Crippen LogP contribution in [0.5, 0.6) is 0 Å². The molecule has 0 aliphatic rings. The highest BCUT2D eigenvalue weighted by atomic mass is 32.1. The van der Waals surface area contributed by atoms with E-state index in [2.05, 4.69) is 0 Å². The second-order valence-corrected chi connectivity index (χ2v) is 2.62. The van der Waals surface area contributed by atoms with Gasteiger partial charge in [0.25, 0.3) is 0 Å². The molecular formula is C9H7NS. The molecule has 54 valence electrons. The van der Waals surface area contributed by atoms with E-state index in [1.165, 1.54) is 0 Å². The molecule has 0 amide bonds. The Kier molecular flexibility index (Phi) is 2.76. The minimum atomic E-state index is 0.333. The lowest BCUT2D eigenvalue weighted by Gasteiger charge is -1.95. The molecule has 11 heavy (non-hydrogen) atoms. The Bertz CT molecular complexity index is 284. The van der Waals surface area contributed by atoms with Crippen LogP contribution in [0.1, 0.15) is 12.0 Å². The van der Waals surface area contributed by atoms with Crippen molar-refractivity contribution < 1.29 is 0 Å². The van der Waals surface area contributed by atoms with Crippen LogP contribution >= 0.6 is 12.2 Å². The van der Waals surface area contributed by atoms with Gasteiger partial charge in [-0.2, -0.15) is 5.26 Å². The molecule has 0 saturated carbocycles. The maximum Gasteiger partial charge on any atom is 0.0709 e. The molecule has 1 aromatic rings. The summed E-state index contributed by atoms with van der Waals surface area (Å²) < 4.78 is 0. The normalized spacial score (nSPS) is 8.64. The van der Waals surface area contributed by atoms with Gasteiger partial charge in [0.1, 0.15) is 0 Å². The minimum Gasteiger partial charge on any atom is -0.198 e. The molecule has 0 bridgehead atoms. The fourth-order valence-corrected chi connectivity index (χ4v) is 0.999. The van der Waals surface area contributed by atoms with Crippen molar-refractivity contribution in [2.45, 2.75) is 6.42 Å². The quantitative estimate of drug-likeness (QED) is 0.491. The van der Waals surface area contributed by atoms with Crippen molar-refractivity contribution in [2.24, 2.45) is 0 Å². The van der Waals surface area contributed by atoms with Crippen molar-refractivity contribution in [3.63, 3.8) is 0 Å². The lowest BCUT2D eigenvalue weighted by molar-refractivity contribution is 1.41. The van der Waals surface area contributed by atoms with Gasteiger partial charge in [0.05, 0.1) is 12.5 Å². The number of hydrogen-bond acceptors (Lipinski definition) is 2. The standard InChI is InChI=1S/C9H7NS/c10-7-6-9(11)8-4-2-1-3-5-8/h1-5H,6H2. The topological polar surface area (TPSA) is 23.8 Å². The molecule has 0 aliphatic heterocycles. The van der Waals surface area contributed by atoms with E-state index in [9.17, 15) is 0 Å². The van der Waals surface area contributed by atoms with Gasteiger partial charge in [-0.25, -0.2) is 0 Å². The number of rotatable bonds is 2. The van der Waals surface area contributed by atoms with Crippen molar-refractivity contribution in [1.29, 1.82) is 5.26 Å². The summed E-state index contributed by atoms with van der Waals surface area (Å²) in [6.07, 6.45) is 0.333. The zero-order valence-corrected chi connectivity index (χ0v) is 6.77. The van der Waals surface area contributed by atoms with Gasteiger partial charge >= 0.3 is 0 Å². The third-order valence-corrected chi connectivity index (χ3v) is 1.72. The van der Waals surface area contributed by atoms with E-state index in [0.717, 1.165) is 5.56 Å². The van der Waals surface area contributed by atoms with Crippen molar-refractivity contribution in [3.8, 4) is 6.07 Å². The zero-order valence-electron chi connectivity index (χ0n) is 5.95. The summed E-state index contributed by atoms with van der Waals surface area (Å²) in [7, 11) is 0. The first kappa shape index (κ1) is 7.90. The molecule has 0 radical (unpaired) electrons. The van der Waals surface area contributed by atoms with Crippen LogP contribution in [0.15, 0.2) is 30.3 Å². The van der Waals surface area contributed by atoms with Crippen LogP contribution in [0.3, 0.4) is 0 Å². The van der Waals surface area contributed by atoms with Gasteiger partial charge in [0.15, 0.2) is 0 Å². The van der Waals surface area contributed by atoms with Crippen LogP contribution in [0.2, 0.25) is 0 Å². The molecule has 1 aromatic carbocycles. The first-order chi connectivity index (χ1) is 5.34. The summed E-state index contributed by atoms with van der Waals surface area (Å²) in [4.78, 5) is 0.716. The fraction of sp³-hybridized carbons (Fsp3) is 0.111. The van der Waals surface area contributed by atoms with Gasteiger partial charge in [0, 0.05) is 4.86 Å². The predicted octanol–water partition coefficient (Wildman–Crippen LogP) is 2.32. The highest BCUT2D eigenvalue weighted by Gasteiger charge is 1.96. The molecule has 0 aromatic heterocycles. The summed E-state index contributed by atoms with van der Waals surface area (Å²) in [5, 5.41) is 8.36. The first-order valence-electron chi connectivity index (χ1n) is 3.30. The number of thiocarbonyl (C=S) groups is 1. The maximum atomic E-state index is 8.36. The second kappa shape index (κ2) is 3.85.